The van der Waals surface area contributed by atoms with E-state index in [1.54, 1.807) is 0 Å². The van der Waals surface area contributed by atoms with Gasteiger partial charge in [0.25, 0.3) is 0 Å². The van der Waals surface area contributed by atoms with E-state index in [1.807, 2.05) is 11.8 Å². The molecule has 10 rings (SSSR count). The third-order valence-corrected chi connectivity index (χ3v) is 10.7. The van der Waals surface area contributed by atoms with Gasteiger partial charge in [-0.2, -0.15) is 0 Å². The molecule has 0 saturated carbocycles. The molecule has 0 fully saturated rings. The van der Waals surface area contributed by atoms with Crippen LogP contribution in [0.1, 0.15) is 0 Å². The molecule has 1 nitrogen and oxygen atoms in total. The molecule has 0 N–H and O–H groups in total. The summed E-state index contributed by atoms with van der Waals surface area (Å²) >= 11 is 1.88. The molecule has 0 unspecified atom stereocenters. The minimum Gasteiger partial charge on any atom is -0.309 e. The summed E-state index contributed by atoms with van der Waals surface area (Å²) < 4.78 is 2.43. The number of benzene rings is 8. The molecule has 0 amide bonds. The molecule has 46 heavy (non-hydrogen) atoms. The van der Waals surface area contributed by atoms with Gasteiger partial charge in [0.1, 0.15) is 0 Å². The third kappa shape index (κ3) is 3.71. The first-order chi connectivity index (χ1) is 22.8. The zero-order valence-electron chi connectivity index (χ0n) is 24.9. The van der Waals surface area contributed by atoms with Gasteiger partial charge in [-0.05, 0) is 80.6 Å². The molecule has 2 heterocycles. The largest absolute Gasteiger partial charge is 0.309 e. The molecule has 1 aliphatic heterocycles. The van der Waals surface area contributed by atoms with Gasteiger partial charge >= 0.3 is 0 Å². The fourth-order valence-corrected chi connectivity index (χ4v) is 8.73. The van der Waals surface area contributed by atoms with Crippen molar-refractivity contribution < 1.29 is 0 Å². The predicted molar refractivity (Wildman–Crippen MR) is 196 cm³/mol. The molecule has 0 bridgehead atoms. The van der Waals surface area contributed by atoms with Gasteiger partial charge in [0.15, 0.2) is 0 Å². The fourth-order valence-electron chi connectivity index (χ4n) is 7.60. The molecule has 0 aliphatic carbocycles. The van der Waals surface area contributed by atoms with Gasteiger partial charge in [0.05, 0.1) is 11.0 Å². The summed E-state index contributed by atoms with van der Waals surface area (Å²) in [6.07, 6.45) is 0. The van der Waals surface area contributed by atoms with Crippen LogP contribution in [0.5, 0.6) is 0 Å². The van der Waals surface area contributed by atoms with Crippen molar-refractivity contribution in [1.82, 2.24) is 4.57 Å². The van der Waals surface area contributed by atoms with E-state index < -0.39 is 0 Å². The summed E-state index contributed by atoms with van der Waals surface area (Å²) in [5.74, 6) is 0. The molecule has 0 saturated heterocycles. The van der Waals surface area contributed by atoms with Crippen LogP contribution in [0.3, 0.4) is 0 Å². The van der Waals surface area contributed by atoms with Crippen LogP contribution in [0.25, 0.3) is 82.4 Å². The van der Waals surface area contributed by atoms with Gasteiger partial charge in [-0.15, -0.1) is 0 Å². The first kappa shape index (κ1) is 25.7. The maximum Gasteiger partial charge on any atom is 0.0619 e. The molecule has 2 heteroatoms. The Morgan fingerprint density at radius 1 is 0.370 bits per heavy atom. The first-order valence-corrected chi connectivity index (χ1v) is 16.6. The lowest BCUT2D eigenvalue weighted by Gasteiger charge is -2.21. The SMILES string of the molecule is c1ccc(-n2c3ccccc3c3ccc4c(-c5cccc(-c6ccc7c8c(cccc68)-c6ccccc6S7)c5)cccc4c32)cc1. The Labute approximate surface area is 271 Å². The molecule has 9 aromatic rings. The van der Waals surface area contributed by atoms with Crippen molar-refractivity contribution in [1.29, 1.82) is 0 Å². The van der Waals surface area contributed by atoms with Gasteiger partial charge in [-0.25, -0.2) is 0 Å². The molecule has 0 spiro atoms. The van der Waals surface area contributed by atoms with Crippen molar-refractivity contribution in [2.45, 2.75) is 9.79 Å². The quantitative estimate of drug-likeness (QED) is 0.195. The second kappa shape index (κ2) is 9.97. The lowest BCUT2D eigenvalue weighted by molar-refractivity contribution is 1.19. The zero-order chi connectivity index (χ0) is 30.2. The summed E-state index contributed by atoms with van der Waals surface area (Å²) in [6.45, 7) is 0. The Balaban J connectivity index is 1.18. The molecule has 8 aromatic carbocycles. The fraction of sp³-hybridized carbons (Fsp3) is 0. The minimum absolute atomic E-state index is 1.18. The summed E-state index contributed by atoms with van der Waals surface area (Å²) in [5.41, 5.74) is 11.3. The third-order valence-electron chi connectivity index (χ3n) is 9.59. The predicted octanol–water partition coefficient (Wildman–Crippen LogP) is 12.6. The monoisotopic (exact) mass is 601 g/mol. The topological polar surface area (TPSA) is 4.93 Å². The number of para-hydroxylation sites is 2. The van der Waals surface area contributed by atoms with Crippen LogP contribution >= 0.6 is 11.8 Å². The Hall–Kier alpha value is -5.57. The highest BCUT2D eigenvalue weighted by Gasteiger charge is 2.21. The summed E-state index contributed by atoms with van der Waals surface area (Å²) in [6, 6.07) is 60.2. The minimum atomic E-state index is 1.18. The van der Waals surface area contributed by atoms with E-state index in [-0.39, 0.29) is 0 Å². The van der Waals surface area contributed by atoms with Crippen LogP contribution in [0, 0.1) is 0 Å². The van der Waals surface area contributed by atoms with E-state index >= 15 is 0 Å². The second-order valence-corrected chi connectivity index (χ2v) is 13.2. The maximum atomic E-state index is 2.43. The number of nitrogens with zero attached hydrogens (tertiary/aromatic N) is 1. The van der Waals surface area contributed by atoms with Gasteiger partial charge in [-0.1, -0.05) is 139 Å². The number of rotatable bonds is 3. The number of aromatic nitrogens is 1. The molecule has 0 atom stereocenters. The van der Waals surface area contributed by atoms with Crippen molar-refractivity contribution in [2.24, 2.45) is 0 Å². The van der Waals surface area contributed by atoms with Crippen molar-refractivity contribution in [2.75, 3.05) is 0 Å². The first-order valence-electron chi connectivity index (χ1n) is 15.8. The zero-order valence-corrected chi connectivity index (χ0v) is 25.8. The lowest BCUT2D eigenvalue weighted by atomic mass is 9.90. The van der Waals surface area contributed by atoms with Gasteiger partial charge in [0, 0.05) is 37.0 Å². The average molecular weight is 602 g/mol. The average Bonchev–Trinajstić information content (AvgIpc) is 3.47. The molecule has 1 aliphatic rings. The van der Waals surface area contributed by atoms with E-state index in [0.717, 1.165) is 0 Å². The second-order valence-electron chi connectivity index (χ2n) is 12.1. The van der Waals surface area contributed by atoms with Gasteiger partial charge in [-0.3, -0.25) is 0 Å². The summed E-state index contributed by atoms with van der Waals surface area (Å²) in [7, 11) is 0. The van der Waals surface area contributed by atoms with Crippen molar-refractivity contribution in [3.63, 3.8) is 0 Å². The van der Waals surface area contributed by atoms with Crippen LogP contribution in [-0.4, -0.2) is 4.57 Å². The lowest BCUT2D eigenvalue weighted by Crippen LogP contribution is -1.94. The Morgan fingerprint density at radius 2 is 1.00 bits per heavy atom. The van der Waals surface area contributed by atoms with Crippen LogP contribution in [0.4, 0.5) is 0 Å². The number of fused-ring (bicyclic) bond motifs is 7. The van der Waals surface area contributed by atoms with Crippen molar-refractivity contribution in [3.8, 4) is 39.1 Å². The number of hydrogen-bond donors (Lipinski definition) is 0. The normalized spacial score (nSPS) is 12.3. The highest BCUT2D eigenvalue weighted by Crippen LogP contribution is 2.50. The summed E-state index contributed by atoms with van der Waals surface area (Å²) in [5, 5.41) is 7.74. The van der Waals surface area contributed by atoms with Crippen LogP contribution < -0.4 is 0 Å². The standard InChI is InChI=1S/C44H27NS/c1-2-13-30(14-3-1)45-40-21-6-4-15-34(40)39-24-23-33-31(17-9-20-38(33)44(39)45)28-11-8-12-29(27-28)32-25-26-42-43-36(32)18-10-19-37(43)35-16-5-7-22-41(35)46-42/h1-27H. The van der Waals surface area contributed by atoms with E-state index in [2.05, 4.69) is 168 Å². The van der Waals surface area contributed by atoms with E-state index in [0.29, 0.717) is 0 Å². The Bertz CT molecular complexity index is 2660. The summed E-state index contributed by atoms with van der Waals surface area (Å²) in [4.78, 5) is 2.66. The molecule has 1 aromatic heterocycles. The van der Waals surface area contributed by atoms with Crippen LogP contribution in [-0.2, 0) is 0 Å². The molecule has 214 valence electrons. The number of hydrogen-bond acceptors (Lipinski definition) is 1. The van der Waals surface area contributed by atoms with Crippen molar-refractivity contribution >= 4 is 55.1 Å². The molecule has 0 radical (unpaired) electrons. The highest BCUT2D eigenvalue weighted by molar-refractivity contribution is 7.99. The Morgan fingerprint density at radius 3 is 1.89 bits per heavy atom. The molecular weight excluding hydrogens is 575 g/mol. The van der Waals surface area contributed by atoms with Gasteiger partial charge in [0.2, 0.25) is 0 Å². The van der Waals surface area contributed by atoms with E-state index in [1.165, 1.54) is 92.2 Å². The van der Waals surface area contributed by atoms with E-state index in [9.17, 15) is 0 Å². The van der Waals surface area contributed by atoms with Crippen LogP contribution in [0.2, 0.25) is 0 Å². The van der Waals surface area contributed by atoms with Crippen molar-refractivity contribution in [3.05, 3.63) is 164 Å². The van der Waals surface area contributed by atoms with Crippen LogP contribution in [0.15, 0.2) is 174 Å². The van der Waals surface area contributed by atoms with E-state index in [4.69, 9.17) is 0 Å². The van der Waals surface area contributed by atoms with Gasteiger partial charge < -0.3 is 4.57 Å². The maximum absolute atomic E-state index is 2.43. The Kier molecular flexibility index (Phi) is 5.58. The smallest absolute Gasteiger partial charge is 0.0619 e. The molecular formula is C44H27NS. The highest BCUT2D eigenvalue weighted by atomic mass is 32.2.